The van der Waals surface area contributed by atoms with E-state index in [9.17, 15) is 13.2 Å². The number of nitrogens with zero attached hydrogens (tertiary/aromatic N) is 2. The van der Waals surface area contributed by atoms with Gasteiger partial charge in [-0.1, -0.05) is 30.3 Å². The van der Waals surface area contributed by atoms with Gasteiger partial charge in [0, 0.05) is 18.1 Å². The van der Waals surface area contributed by atoms with Crippen molar-refractivity contribution in [1.82, 2.24) is 9.78 Å². The number of alkyl halides is 3. The van der Waals surface area contributed by atoms with Crippen molar-refractivity contribution in [3.05, 3.63) is 60.2 Å². The Kier molecular flexibility index (Phi) is 4.86. The molecule has 0 saturated heterocycles. The molecule has 3 aromatic rings. The lowest BCUT2D eigenvalue weighted by Gasteiger charge is -2.33. The van der Waals surface area contributed by atoms with E-state index in [0.717, 1.165) is 10.2 Å². The van der Waals surface area contributed by atoms with Crippen LogP contribution in [-0.4, -0.2) is 30.2 Å². The van der Waals surface area contributed by atoms with E-state index in [-0.39, 0.29) is 6.42 Å². The number of benzene rings is 2. The Balaban J connectivity index is 1.74. The molecule has 0 saturated carbocycles. The Morgan fingerprint density at radius 2 is 1.79 bits per heavy atom. The molecule has 1 radical (unpaired) electrons. The fourth-order valence-electron chi connectivity index (χ4n) is 3.56. The van der Waals surface area contributed by atoms with Crippen LogP contribution in [0.1, 0.15) is 24.1 Å². The van der Waals surface area contributed by atoms with Crippen LogP contribution < -0.4 is 14.8 Å². The summed E-state index contributed by atoms with van der Waals surface area (Å²) in [6.07, 6.45) is -4.62. The van der Waals surface area contributed by atoms with E-state index in [1.165, 1.54) is 14.2 Å². The average Bonchev–Trinajstić information content (AvgIpc) is 3.16. The first-order valence-electron chi connectivity index (χ1n) is 9.02. The van der Waals surface area contributed by atoms with Gasteiger partial charge in [0.2, 0.25) is 0 Å². The van der Waals surface area contributed by atoms with Gasteiger partial charge in [0.15, 0.2) is 17.5 Å². The molecule has 4 rings (SSSR count). The Hall–Kier alpha value is -3.16. The summed E-state index contributed by atoms with van der Waals surface area (Å²) in [5.41, 5.74) is 1.89. The molecule has 1 aromatic heterocycles. The standard InChI is InChI=1S/C21H19F3N3O2/c1-28-17-9-8-14(10-18(17)29-2)15-11-19(21(22,23)24)27-20(25-15)12-16(26-27)13-6-4-3-5-7-13/h4-10,12,15,19,25H,11H2,1-2H3/t15-,19+/m0/s1. The highest BCUT2D eigenvalue weighted by molar-refractivity contribution is 5.64. The topological polar surface area (TPSA) is 48.3 Å². The number of aromatic nitrogens is 2. The van der Waals surface area contributed by atoms with E-state index >= 15 is 0 Å². The quantitative estimate of drug-likeness (QED) is 0.665. The first-order chi connectivity index (χ1) is 13.9. The molecule has 0 aliphatic carbocycles. The summed E-state index contributed by atoms with van der Waals surface area (Å²) in [6, 6.07) is 14.3. The van der Waals surface area contributed by atoms with E-state index in [1.807, 2.05) is 0 Å². The fraction of sp³-hybridized carbons (Fsp3) is 0.286. The van der Waals surface area contributed by atoms with Crippen molar-refractivity contribution in [1.29, 1.82) is 0 Å². The van der Waals surface area contributed by atoms with Gasteiger partial charge in [0.1, 0.15) is 5.82 Å². The van der Waals surface area contributed by atoms with Crippen LogP contribution in [0, 0.1) is 6.07 Å². The van der Waals surface area contributed by atoms with Crippen LogP contribution in [0.2, 0.25) is 0 Å². The van der Waals surface area contributed by atoms with Gasteiger partial charge in [0.05, 0.1) is 26.0 Å². The van der Waals surface area contributed by atoms with Crippen LogP contribution >= 0.6 is 0 Å². The Morgan fingerprint density at radius 1 is 1.07 bits per heavy atom. The van der Waals surface area contributed by atoms with Gasteiger partial charge < -0.3 is 14.8 Å². The lowest BCUT2D eigenvalue weighted by molar-refractivity contribution is -0.173. The summed E-state index contributed by atoms with van der Waals surface area (Å²) in [4.78, 5) is 0. The lowest BCUT2D eigenvalue weighted by Crippen LogP contribution is -2.35. The molecule has 0 spiro atoms. The predicted molar refractivity (Wildman–Crippen MR) is 102 cm³/mol. The summed E-state index contributed by atoms with van der Waals surface area (Å²) in [5.74, 6) is 1.31. The summed E-state index contributed by atoms with van der Waals surface area (Å²) in [6.45, 7) is 0. The molecule has 2 heterocycles. The minimum atomic E-state index is -4.43. The largest absolute Gasteiger partial charge is 0.493 e. The zero-order valence-corrected chi connectivity index (χ0v) is 15.8. The molecule has 29 heavy (non-hydrogen) atoms. The number of nitrogens with one attached hydrogen (secondary N) is 1. The second kappa shape index (κ2) is 7.35. The van der Waals surface area contributed by atoms with Crippen molar-refractivity contribution in [3.63, 3.8) is 0 Å². The third-order valence-corrected chi connectivity index (χ3v) is 5.01. The van der Waals surface area contributed by atoms with Crippen molar-refractivity contribution < 1.29 is 22.6 Å². The summed E-state index contributed by atoms with van der Waals surface area (Å²) >= 11 is 0. The van der Waals surface area contributed by atoms with E-state index in [1.54, 1.807) is 48.5 Å². The molecule has 0 unspecified atom stereocenters. The molecule has 0 amide bonds. The minimum absolute atomic E-state index is 0.185. The van der Waals surface area contributed by atoms with Crippen molar-refractivity contribution in [3.8, 4) is 22.8 Å². The van der Waals surface area contributed by atoms with Crippen LogP contribution in [0.15, 0.2) is 48.5 Å². The summed E-state index contributed by atoms with van der Waals surface area (Å²) < 4.78 is 53.1. The number of fused-ring (bicyclic) bond motifs is 1. The zero-order chi connectivity index (χ0) is 20.6. The molecular weight excluding hydrogens is 383 g/mol. The number of methoxy groups -OCH3 is 2. The van der Waals surface area contributed by atoms with Crippen LogP contribution in [0.5, 0.6) is 11.5 Å². The monoisotopic (exact) mass is 402 g/mol. The summed E-state index contributed by atoms with van der Waals surface area (Å²) in [5, 5.41) is 7.42. The van der Waals surface area contributed by atoms with E-state index < -0.39 is 18.3 Å². The van der Waals surface area contributed by atoms with Gasteiger partial charge in [0.25, 0.3) is 0 Å². The van der Waals surface area contributed by atoms with E-state index in [2.05, 4.69) is 16.5 Å². The van der Waals surface area contributed by atoms with Crippen molar-refractivity contribution in [2.75, 3.05) is 19.5 Å². The van der Waals surface area contributed by atoms with Gasteiger partial charge in [-0.2, -0.15) is 18.3 Å². The first-order valence-corrected chi connectivity index (χ1v) is 9.02. The highest BCUT2D eigenvalue weighted by Gasteiger charge is 2.46. The Bertz CT molecular complexity index is 1000. The molecule has 0 bridgehead atoms. The Labute approximate surface area is 166 Å². The second-order valence-electron chi connectivity index (χ2n) is 6.75. The molecule has 5 nitrogen and oxygen atoms in total. The van der Waals surface area contributed by atoms with Gasteiger partial charge in [-0.25, -0.2) is 4.68 Å². The number of anilines is 1. The molecular formula is C21H19F3N3O2. The van der Waals surface area contributed by atoms with Gasteiger partial charge in [-0.15, -0.1) is 0 Å². The smallest absolute Gasteiger partial charge is 0.410 e. The maximum absolute atomic E-state index is 13.8. The molecule has 1 N–H and O–H groups in total. The van der Waals surface area contributed by atoms with Gasteiger partial charge in [-0.05, 0) is 23.8 Å². The molecule has 1 aliphatic heterocycles. The van der Waals surface area contributed by atoms with Crippen LogP contribution in [0.4, 0.5) is 19.0 Å². The normalized spacial score (nSPS) is 18.7. The first kappa shape index (κ1) is 19.2. The molecule has 8 heteroatoms. The number of ether oxygens (including phenoxy) is 2. The van der Waals surface area contributed by atoms with Crippen LogP contribution in [0.3, 0.4) is 0 Å². The molecule has 2 atom stereocenters. The van der Waals surface area contributed by atoms with Gasteiger partial charge >= 0.3 is 6.18 Å². The van der Waals surface area contributed by atoms with Gasteiger partial charge in [-0.3, -0.25) is 0 Å². The SMILES string of the molecule is COc1ccc([C@@H]2C[C@H](C(F)(F)F)n3nc(-c4cc[c]cc4)cc3N2)cc1OC. The number of halogens is 3. The van der Waals surface area contributed by atoms with Crippen molar-refractivity contribution in [2.45, 2.75) is 24.7 Å². The zero-order valence-electron chi connectivity index (χ0n) is 15.8. The molecule has 151 valence electrons. The average molecular weight is 402 g/mol. The minimum Gasteiger partial charge on any atom is -0.493 e. The second-order valence-corrected chi connectivity index (χ2v) is 6.75. The third-order valence-electron chi connectivity index (χ3n) is 5.01. The third kappa shape index (κ3) is 3.62. The van der Waals surface area contributed by atoms with E-state index in [4.69, 9.17) is 9.47 Å². The molecule has 1 aliphatic rings. The highest BCUT2D eigenvalue weighted by Crippen LogP contribution is 2.45. The van der Waals surface area contributed by atoms with Crippen LogP contribution in [-0.2, 0) is 0 Å². The highest BCUT2D eigenvalue weighted by atomic mass is 19.4. The van der Waals surface area contributed by atoms with Crippen LogP contribution in [0.25, 0.3) is 11.3 Å². The lowest BCUT2D eigenvalue weighted by atomic mass is 9.96. The fourth-order valence-corrected chi connectivity index (χ4v) is 3.56. The molecule has 0 fully saturated rings. The number of rotatable bonds is 4. The van der Waals surface area contributed by atoms with Crippen molar-refractivity contribution in [2.24, 2.45) is 0 Å². The summed E-state index contributed by atoms with van der Waals surface area (Å²) in [7, 11) is 3.00. The maximum atomic E-state index is 13.8. The number of hydrogen-bond donors (Lipinski definition) is 1. The molecule has 2 aromatic carbocycles. The number of hydrogen-bond acceptors (Lipinski definition) is 4. The van der Waals surface area contributed by atoms with E-state index in [0.29, 0.717) is 28.6 Å². The van der Waals surface area contributed by atoms with Crippen molar-refractivity contribution >= 4 is 5.82 Å². The predicted octanol–water partition coefficient (Wildman–Crippen LogP) is 5.03. The Morgan fingerprint density at radius 3 is 2.45 bits per heavy atom. The maximum Gasteiger partial charge on any atom is 0.410 e.